The Labute approximate surface area is 197 Å². The first-order chi connectivity index (χ1) is 16.7. The maximum absolute atomic E-state index is 12.9. The fourth-order valence-corrected chi connectivity index (χ4v) is 3.78. The monoisotopic (exact) mass is 486 g/mol. The van der Waals surface area contributed by atoms with E-state index in [0.717, 1.165) is 35.1 Å². The van der Waals surface area contributed by atoms with Crippen molar-refractivity contribution in [1.82, 2.24) is 29.9 Å². The van der Waals surface area contributed by atoms with Crippen molar-refractivity contribution in [2.24, 2.45) is 0 Å². The molecule has 9 nitrogen and oxygen atoms in total. The number of aliphatic carboxylic acids is 1. The molecule has 12 heteroatoms. The van der Waals surface area contributed by atoms with Crippen molar-refractivity contribution in [3.05, 3.63) is 66.6 Å². The van der Waals surface area contributed by atoms with Crippen LogP contribution in [-0.2, 0) is 4.79 Å². The van der Waals surface area contributed by atoms with Crippen LogP contribution in [0.3, 0.4) is 0 Å². The predicted molar refractivity (Wildman–Crippen MR) is 119 cm³/mol. The molecular weight excluding hydrogens is 465 g/mol. The van der Waals surface area contributed by atoms with Crippen LogP contribution in [0.15, 0.2) is 61.1 Å². The zero-order valence-electron chi connectivity index (χ0n) is 18.3. The Morgan fingerprint density at radius 1 is 1.06 bits per heavy atom. The van der Waals surface area contributed by atoms with Crippen LogP contribution in [0.4, 0.5) is 13.2 Å². The highest BCUT2D eigenvalue weighted by molar-refractivity contribution is 5.97. The lowest BCUT2D eigenvalue weighted by atomic mass is 10.0. The summed E-state index contributed by atoms with van der Waals surface area (Å²) in [6.07, 6.45) is 0.307. The van der Waals surface area contributed by atoms with Crippen LogP contribution in [0.2, 0.25) is 0 Å². The van der Waals surface area contributed by atoms with Crippen molar-refractivity contribution < 1.29 is 27.9 Å². The molecule has 1 aliphatic rings. The van der Waals surface area contributed by atoms with Gasteiger partial charge in [-0.05, 0) is 31.0 Å². The molecular formula is C23H21F3N6O3. The summed E-state index contributed by atoms with van der Waals surface area (Å²) in [5.41, 5.74) is 4.40. The number of H-pyrrole nitrogens is 1. The summed E-state index contributed by atoms with van der Waals surface area (Å²) in [6.45, 7) is 1.43. The van der Waals surface area contributed by atoms with E-state index in [-0.39, 0.29) is 11.9 Å². The van der Waals surface area contributed by atoms with Crippen molar-refractivity contribution >= 4 is 22.9 Å². The molecule has 182 valence electrons. The zero-order valence-corrected chi connectivity index (χ0v) is 18.3. The van der Waals surface area contributed by atoms with Gasteiger partial charge >= 0.3 is 12.1 Å². The number of rotatable bonds is 3. The Balaban J connectivity index is 0.000000364. The molecule has 2 aromatic heterocycles. The molecule has 0 aliphatic carbocycles. The van der Waals surface area contributed by atoms with Crippen molar-refractivity contribution in [2.75, 3.05) is 13.1 Å². The number of carboxylic acids is 1. The summed E-state index contributed by atoms with van der Waals surface area (Å²) in [5.74, 6) is -2.69. The average Bonchev–Trinajstić information content (AvgIpc) is 3.54. The molecule has 1 saturated heterocycles. The molecule has 0 bridgehead atoms. The number of likely N-dealkylation sites (tertiary alicyclic amines) is 1. The van der Waals surface area contributed by atoms with E-state index in [1.807, 2.05) is 64.3 Å². The standard InChI is InChI=1S/C21H20N6O.C2HF3O2/c28-21(16-6-7-18-19(12-16)23-14-22-18)26-10-8-17(9-11-26)27-13-20(24-25-27)15-4-2-1-3-5-15;3-2(4,5)1(6)7/h1-7,12-14,17H,8-11H2,(H,22,23);(H,6,7). The summed E-state index contributed by atoms with van der Waals surface area (Å²) in [4.78, 5) is 30.9. The number of hydrogen-bond acceptors (Lipinski definition) is 5. The first-order valence-electron chi connectivity index (χ1n) is 10.7. The van der Waals surface area contributed by atoms with Crippen LogP contribution in [-0.4, -0.2) is 66.1 Å². The van der Waals surface area contributed by atoms with Gasteiger partial charge in [-0.15, -0.1) is 5.10 Å². The highest BCUT2D eigenvalue weighted by atomic mass is 19.4. The normalized spacial score (nSPS) is 14.4. The number of carbonyl (C=O) groups excluding carboxylic acids is 1. The third kappa shape index (κ3) is 5.65. The molecule has 5 rings (SSSR count). The van der Waals surface area contributed by atoms with Gasteiger partial charge in [0, 0.05) is 24.2 Å². The lowest BCUT2D eigenvalue weighted by Crippen LogP contribution is -2.39. The minimum absolute atomic E-state index is 0.0681. The highest BCUT2D eigenvalue weighted by Gasteiger charge is 2.38. The van der Waals surface area contributed by atoms with E-state index in [1.54, 1.807) is 6.33 Å². The quantitative estimate of drug-likeness (QED) is 0.453. The highest BCUT2D eigenvalue weighted by Crippen LogP contribution is 2.25. The van der Waals surface area contributed by atoms with Crippen molar-refractivity contribution in [1.29, 1.82) is 0 Å². The number of aromatic nitrogens is 5. The number of piperidine rings is 1. The number of imidazole rings is 1. The third-order valence-electron chi connectivity index (χ3n) is 5.62. The summed E-state index contributed by atoms with van der Waals surface area (Å²) in [7, 11) is 0. The number of amides is 1. The molecule has 0 saturated carbocycles. The molecule has 35 heavy (non-hydrogen) atoms. The number of fused-ring (bicyclic) bond motifs is 1. The Kier molecular flexibility index (Phi) is 6.80. The summed E-state index contributed by atoms with van der Waals surface area (Å²) < 4.78 is 33.7. The summed E-state index contributed by atoms with van der Waals surface area (Å²) >= 11 is 0. The van der Waals surface area contributed by atoms with E-state index in [4.69, 9.17) is 9.90 Å². The number of aromatic amines is 1. The number of carbonyl (C=O) groups is 2. The van der Waals surface area contributed by atoms with E-state index in [2.05, 4.69) is 20.3 Å². The summed E-state index contributed by atoms with van der Waals surface area (Å²) in [5, 5.41) is 15.8. The van der Waals surface area contributed by atoms with Crippen LogP contribution in [0.5, 0.6) is 0 Å². The van der Waals surface area contributed by atoms with E-state index in [0.29, 0.717) is 18.7 Å². The second kappa shape index (κ2) is 9.95. The van der Waals surface area contributed by atoms with Crippen LogP contribution in [0.25, 0.3) is 22.3 Å². The number of nitrogens with one attached hydrogen (secondary N) is 1. The molecule has 1 fully saturated rings. The molecule has 0 unspecified atom stereocenters. The SMILES string of the molecule is O=C(O)C(F)(F)F.O=C(c1ccc2nc[nH]c2c1)N1CCC(n2cc(-c3ccccc3)nn2)CC1. The van der Waals surface area contributed by atoms with E-state index in [1.165, 1.54) is 0 Å². The van der Waals surface area contributed by atoms with Crippen molar-refractivity contribution in [3.8, 4) is 11.3 Å². The van der Waals surface area contributed by atoms with Gasteiger partial charge in [-0.25, -0.2) is 14.5 Å². The topological polar surface area (TPSA) is 117 Å². The summed E-state index contributed by atoms with van der Waals surface area (Å²) in [6, 6.07) is 15.9. The van der Waals surface area contributed by atoms with Gasteiger partial charge in [-0.2, -0.15) is 13.2 Å². The Hall–Kier alpha value is -4.22. The smallest absolute Gasteiger partial charge is 0.475 e. The van der Waals surface area contributed by atoms with Crippen LogP contribution < -0.4 is 0 Å². The van der Waals surface area contributed by atoms with Crippen molar-refractivity contribution in [3.63, 3.8) is 0 Å². The Morgan fingerprint density at radius 2 is 1.74 bits per heavy atom. The lowest BCUT2D eigenvalue weighted by Gasteiger charge is -2.31. The van der Waals surface area contributed by atoms with Gasteiger partial charge in [0.2, 0.25) is 0 Å². The van der Waals surface area contributed by atoms with Gasteiger partial charge in [0.15, 0.2) is 0 Å². The first-order valence-corrected chi connectivity index (χ1v) is 10.7. The molecule has 1 amide bonds. The van der Waals surface area contributed by atoms with Gasteiger partial charge in [-0.3, -0.25) is 4.79 Å². The van der Waals surface area contributed by atoms with Gasteiger partial charge in [-0.1, -0.05) is 35.5 Å². The fourth-order valence-electron chi connectivity index (χ4n) is 3.78. The number of benzene rings is 2. The van der Waals surface area contributed by atoms with Crippen molar-refractivity contribution in [2.45, 2.75) is 25.1 Å². The zero-order chi connectivity index (χ0) is 25.0. The Bertz CT molecular complexity index is 1310. The maximum atomic E-state index is 12.9. The minimum Gasteiger partial charge on any atom is -0.475 e. The fraction of sp³-hybridized carbons (Fsp3) is 0.261. The largest absolute Gasteiger partial charge is 0.490 e. The van der Waals surface area contributed by atoms with Crippen LogP contribution in [0, 0.1) is 0 Å². The van der Waals surface area contributed by atoms with Gasteiger partial charge in [0.25, 0.3) is 5.91 Å². The Morgan fingerprint density at radius 3 is 2.40 bits per heavy atom. The molecule has 0 radical (unpaired) electrons. The van der Waals surface area contributed by atoms with Gasteiger partial charge < -0.3 is 15.0 Å². The molecule has 3 heterocycles. The van der Waals surface area contributed by atoms with Crippen LogP contribution >= 0.6 is 0 Å². The molecule has 4 aromatic rings. The third-order valence-corrected chi connectivity index (χ3v) is 5.62. The van der Waals surface area contributed by atoms with Gasteiger partial charge in [0.1, 0.15) is 5.69 Å². The predicted octanol–water partition coefficient (Wildman–Crippen LogP) is 3.93. The number of hydrogen-bond donors (Lipinski definition) is 2. The van der Waals surface area contributed by atoms with E-state index < -0.39 is 12.1 Å². The van der Waals surface area contributed by atoms with E-state index >= 15 is 0 Å². The minimum atomic E-state index is -5.08. The maximum Gasteiger partial charge on any atom is 0.490 e. The van der Waals surface area contributed by atoms with Crippen LogP contribution in [0.1, 0.15) is 29.2 Å². The molecule has 2 aromatic carbocycles. The number of alkyl halides is 3. The first kappa shape index (κ1) is 23.9. The number of halogens is 3. The molecule has 0 spiro atoms. The molecule has 1 aliphatic heterocycles. The van der Waals surface area contributed by atoms with Gasteiger partial charge in [0.05, 0.1) is 29.6 Å². The molecule has 2 N–H and O–H groups in total. The molecule has 0 atom stereocenters. The van der Waals surface area contributed by atoms with E-state index in [9.17, 15) is 18.0 Å². The second-order valence-electron chi connectivity index (χ2n) is 7.91. The number of nitrogens with zero attached hydrogens (tertiary/aromatic N) is 5. The second-order valence-corrected chi connectivity index (χ2v) is 7.91. The number of carboxylic acid groups (broad SMARTS) is 1. The lowest BCUT2D eigenvalue weighted by molar-refractivity contribution is -0.192. The average molecular weight is 486 g/mol.